The molecule has 1 aliphatic carbocycles. The fourth-order valence-electron chi connectivity index (χ4n) is 3.38. The second kappa shape index (κ2) is 7.14. The molecule has 1 saturated carbocycles. The topological polar surface area (TPSA) is 38.0 Å². The zero-order chi connectivity index (χ0) is 14.5. The minimum Gasteiger partial charge on any atom is -0.271 e. The molecule has 0 spiro atoms. The zero-order valence-corrected chi connectivity index (χ0v) is 12.0. The highest BCUT2D eigenvalue weighted by molar-refractivity contribution is 5.21. The average molecular weight is 282 g/mol. The molecule has 3 unspecified atom stereocenters. The Morgan fingerprint density at radius 1 is 1.30 bits per heavy atom. The van der Waals surface area contributed by atoms with Crippen LogP contribution in [0.2, 0.25) is 0 Å². The molecule has 1 aromatic carbocycles. The lowest BCUT2D eigenvalue weighted by Gasteiger charge is -2.34. The van der Waals surface area contributed by atoms with Gasteiger partial charge in [0, 0.05) is 11.6 Å². The summed E-state index contributed by atoms with van der Waals surface area (Å²) in [6.07, 6.45) is 6.11. The van der Waals surface area contributed by atoms with Crippen LogP contribution in [-0.4, -0.2) is 6.04 Å². The van der Waals surface area contributed by atoms with E-state index in [0.717, 1.165) is 18.8 Å². The van der Waals surface area contributed by atoms with Gasteiger partial charge in [-0.05, 0) is 43.2 Å². The Hall–Kier alpha value is -1.00. The SMILES string of the molecule is CCC1CCCC(C(Cc2c(F)cccc2F)NN)C1. The molecule has 3 N–H and O–H groups in total. The first-order valence-corrected chi connectivity index (χ1v) is 7.54. The molecule has 1 aliphatic rings. The van der Waals surface area contributed by atoms with Gasteiger partial charge in [0.05, 0.1) is 0 Å². The Kier molecular flexibility index (Phi) is 5.49. The Morgan fingerprint density at radius 2 is 2.00 bits per heavy atom. The highest BCUT2D eigenvalue weighted by Crippen LogP contribution is 2.34. The molecule has 0 amide bonds. The molecular formula is C16H24F2N2. The molecule has 4 heteroatoms. The van der Waals surface area contributed by atoms with Gasteiger partial charge in [0.15, 0.2) is 0 Å². The van der Waals surface area contributed by atoms with Gasteiger partial charge in [-0.25, -0.2) is 8.78 Å². The smallest absolute Gasteiger partial charge is 0.129 e. The van der Waals surface area contributed by atoms with Crippen LogP contribution < -0.4 is 11.3 Å². The van der Waals surface area contributed by atoms with Crippen LogP contribution >= 0.6 is 0 Å². The van der Waals surface area contributed by atoms with Gasteiger partial charge in [-0.2, -0.15) is 0 Å². The van der Waals surface area contributed by atoms with Crippen molar-refractivity contribution in [3.05, 3.63) is 35.4 Å². The molecule has 0 bridgehead atoms. The number of hydrogen-bond acceptors (Lipinski definition) is 2. The summed E-state index contributed by atoms with van der Waals surface area (Å²) in [5.41, 5.74) is 2.93. The third kappa shape index (κ3) is 3.55. The normalized spacial score (nSPS) is 24.6. The number of nitrogens with one attached hydrogen (secondary N) is 1. The fraction of sp³-hybridized carbons (Fsp3) is 0.625. The molecule has 20 heavy (non-hydrogen) atoms. The standard InChI is InChI=1S/C16H24F2N2/c1-2-11-5-3-6-12(9-11)16(20-19)10-13-14(17)7-4-8-15(13)18/h4,7-8,11-12,16,20H,2-3,5-6,9-10,19H2,1H3. The quantitative estimate of drug-likeness (QED) is 0.640. The monoisotopic (exact) mass is 282 g/mol. The van der Waals surface area contributed by atoms with E-state index in [-0.39, 0.29) is 11.6 Å². The van der Waals surface area contributed by atoms with Crippen molar-refractivity contribution in [2.75, 3.05) is 0 Å². The number of hydrogen-bond donors (Lipinski definition) is 2. The van der Waals surface area contributed by atoms with Gasteiger partial charge in [0.2, 0.25) is 0 Å². The summed E-state index contributed by atoms with van der Waals surface area (Å²) in [4.78, 5) is 0. The zero-order valence-electron chi connectivity index (χ0n) is 12.0. The maximum Gasteiger partial charge on any atom is 0.129 e. The van der Waals surface area contributed by atoms with Crippen LogP contribution in [0.3, 0.4) is 0 Å². The van der Waals surface area contributed by atoms with E-state index in [9.17, 15) is 8.78 Å². The van der Waals surface area contributed by atoms with Crippen molar-refractivity contribution in [2.45, 2.75) is 51.5 Å². The third-order valence-corrected chi connectivity index (χ3v) is 4.67. The van der Waals surface area contributed by atoms with Gasteiger partial charge >= 0.3 is 0 Å². The number of benzene rings is 1. The van der Waals surface area contributed by atoms with Gasteiger partial charge in [0.25, 0.3) is 0 Å². The van der Waals surface area contributed by atoms with Crippen LogP contribution in [0.25, 0.3) is 0 Å². The molecule has 2 rings (SSSR count). The van der Waals surface area contributed by atoms with Crippen LogP contribution in [0.5, 0.6) is 0 Å². The molecule has 0 aromatic heterocycles. The molecular weight excluding hydrogens is 258 g/mol. The Bertz CT molecular complexity index is 416. The highest BCUT2D eigenvalue weighted by Gasteiger charge is 2.28. The lowest BCUT2D eigenvalue weighted by Crippen LogP contribution is -2.44. The van der Waals surface area contributed by atoms with Gasteiger partial charge < -0.3 is 0 Å². The van der Waals surface area contributed by atoms with E-state index < -0.39 is 11.6 Å². The largest absolute Gasteiger partial charge is 0.271 e. The summed E-state index contributed by atoms with van der Waals surface area (Å²) in [6, 6.07) is 3.95. The van der Waals surface area contributed by atoms with E-state index in [1.807, 2.05) is 0 Å². The van der Waals surface area contributed by atoms with Crippen molar-refractivity contribution in [1.29, 1.82) is 0 Å². The summed E-state index contributed by atoms with van der Waals surface area (Å²) in [6.45, 7) is 2.20. The molecule has 3 atom stereocenters. The minimum absolute atomic E-state index is 0.0595. The predicted octanol–water partition coefficient (Wildman–Crippen LogP) is 3.56. The van der Waals surface area contributed by atoms with Crippen molar-refractivity contribution < 1.29 is 8.78 Å². The number of halogens is 2. The van der Waals surface area contributed by atoms with Gasteiger partial charge in [0.1, 0.15) is 11.6 Å². The van der Waals surface area contributed by atoms with Crippen molar-refractivity contribution in [3.63, 3.8) is 0 Å². The van der Waals surface area contributed by atoms with Crippen molar-refractivity contribution >= 4 is 0 Å². The molecule has 1 aromatic rings. The molecule has 0 saturated heterocycles. The van der Waals surface area contributed by atoms with E-state index in [0.29, 0.717) is 12.3 Å². The van der Waals surface area contributed by atoms with Crippen LogP contribution in [0.1, 0.15) is 44.6 Å². The summed E-state index contributed by atoms with van der Waals surface area (Å²) in [7, 11) is 0. The first kappa shape index (κ1) is 15.4. The maximum atomic E-state index is 13.7. The lowest BCUT2D eigenvalue weighted by atomic mass is 9.75. The van der Waals surface area contributed by atoms with Crippen LogP contribution in [0.4, 0.5) is 8.78 Å². The number of hydrazine groups is 1. The Labute approximate surface area is 119 Å². The molecule has 2 nitrogen and oxygen atoms in total. The minimum atomic E-state index is -0.479. The van der Waals surface area contributed by atoms with E-state index in [2.05, 4.69) is 12.3 Å². The second-order valence-corrected chi connectivity index (χ2v) is 5.88. The predicted molar refractivity (Wildman–Crippen MR) is 76.9 cm³/mol. The number of nitrogens with two attached hydrogens (primary N) is 1. The average Bonchev–Trinajstić information content (AvgIpc) is 2.47. The molecule has 0 aliphatic heterocycles. The van der Waals surface area contributed by atoms with E-state index >= 15 is 0 Å². The van der Waals surface area contributed by atoms with Crippen LogP contribution in [0.15, 0.2) is 18.2 Å². The van der Waals surface area contributed by atoms with E-state index in [4.69, 9.17) is 5.84 Å². The second-order valence-electron chi connectivity index (χ2n) is 5.88. The molecule has 0 heterocycles. The fourth-order valence-corrected chi connectivity index (χ4v) is 3.38. The maximum absolute atomic E-state index is 13.7. The Balaban J connectivity index is 2.08. The van der Waals surface area contributed by atoms with E-state index in [1.165, 1.54) is 37.5 Å². The first-order valence-electron chi connectivity index (χ1n) is 7.54. The van der Waals surface area contributed by atoms with Crippen molar-refractivity contribution in [2.24, 2.45) is 17.7 Å². The molecule has 112 valence electrons. The summed E-state index contributed by atoms with van der Waals surface area (Å²) in [5, 5.41) is 0. The number of rotatable bonds is 5. The summed E-state index contributed by atoms with van der Waals surface area (Å²) >= 11 is 0. The first-order chi connectivity index (χ1) is 9.65. The highest BCUT2D eigenvalue weighted by atomic mass is 19.1. The lowest BCUT2D eigenvalue weighted by molar-refractivity contribution is 0.206. The van der Waals surface area contributed by atoms with Crippen molar-refractivity contribution in [3.8, 4) is 0 Å². The van der Waals surface area contributed by atoms with Crippen molar-refractivity contribution in [1.82, 2.24) is 5.43 Å². The van der Waals surface area contributed by atoms with E-state index in [1.54, 1.807) is 0 Å². The Morgan fingerprint density at radius 3 is 2.60 bits per heavy atom. The summed E-state index contributed by atoms with van der Waals surface area (Å²) in [5.74, 6) is 5.80. The van der Waals surface area contributed by atoms with Crippen LogP contribution in [0, 0.1) is 23.5 Å². The molecule has 0 radical (unpaired) electrons. The summed E-state index contributed by atoms with van der Waals surface area (Å²) < 4.78 is 27.5. The van der Waals surface area contributed by atoms with Gasteiger partial charge in [-0.15, -0.1) is 0 Å². The van der Waals surface area contributed by atoms with Gasteiger partial charge in [-0.3, -0.25) is 11.3 Å². The van der Waals surface area contributed by atoms with Gasteiger partial charge in [-0.1, -0.05) is 32.3 Å². The third-order valence-electron chi connectivity index (χ3n) is 4.67. The van der Waals surface area contributed by atoms with Crippen LogP contribution in [-0.2, 0) is 6.42 Å². The molecule has 1 fully saturated rings.